The number of fused-ring (bicyclic) bond motifs is 1. The summed E-state index contributed by atoms with van der Waals surface area (Å²) in [4.78, 5) is 16.5. The summed E-state index contributed by atoms with van der Waals surface area (Å²) >= 11 is 0. The van der Waals surface area contributed by atoms with Gasteiger partial charge in [-0.3, -0.25) is 4.79 Å². The number of aryl methyl sites for hydroxylation is 2. The largest absolute Gasteiger partial charge is 0.302 e. The van der Waals surface area contributed by atoms with E-state index in [2.05, 4.69) is 4.98 Å². The van der Waals surface area contributed by atoms with Crippen molar-refractivity contribution in [3.05, 3.63) is 64.5 Å². The van der Waals surface area contributed by atoms with Crippen LogP contribution >= 0.6 is 0 Å². The van der Waals surface area contributed by atoms with E-state index in [4.69, 9.17) is 0 Å². The van der Waals surface area contributed by atoms with Gasteiger partial charge in [-0.2, -0.15) is 0 Å². The van der Waals surface area contributed by atoms with Gasteiger partial charge in [-0.15, -0.1) is 0 Å². The number of nitrogens with zero attached hydrogens (tertiary/aromatic N) is 2. The molecule has 0 saturated carbocycles. The van der Waals surface area contributed by atoms with Crippen LogP contribution in [0.25, 0.3) is 22.0 Å². The summed E-state index contributed by atoms with van der Waals surface area (Å²) in [7, 11) is 1.65. The average Bonchev–Trinajstić information content (AvgIpc) is 2.43. The minimum absolute atomic E-state index is 0.128. The van der Waals surface area contributed by atoms with Crippen LogP contribution in [-0.2, 0) is 7.05 Å². The molecule has 0 N–H and O–H groups in total. The maximum absolute atomic E-state index is 14.0. The van der Waals surface area contributed by atoms with Gasteiger partial charge < -0.3 is 4.57 Å². The van der Waals surface area contributed by atoms with Crippen LogP contribution in [0.5, 0.6) is 0 Å². The Morgan fingerprint density at radius 2 is 1.90 bits per heavy atom. The van der Waals surface area contributed by atoms with Crippen molar-refractivity contribution in [3.63, 3.8) is 0 Å². The predicted octanol–water partition coefficient (Wildman–Crippen LogP) is 3.05. The Balaban J connectivity index is 2.46. The number of hydrogen-bond donors (Lipinski definition) is 0. The van der Waals surface area contributed by atoms with Gasteiger partial charge in [0, 0.05) is 18.2 Å². The lowest BCUT2D eigenvalue weighted by atomic mass is 9.99. The summed E-state index contributed by atoms with van der Waals surface area (Å²) in [6.07, 6.45) is 1.46. The molecule has 0 aliphatic heterocycles. The third-order valence-electron chi connectivity index (χ3n) is 3.33. The predicted molar refractivity (Wildman–Crippen MR) is 77.1 cm³/mol. The van der Waals surface area contributed by atoms with E-state index in [1.54, 1.807) is 31.3 Å². The zero-order valence-electron chi connectivity index (χ0n) is 11.2. The lowest BCUT2D eigenvalue weighted by Crippen LogP contribution is -2.17. The van der Waals surface area contributed by atoms with Crippen molar-refractivity contribution >= 4 is 10.9 Å². The Labute approximate surface area is 115 Å². The first-order valence-electron chi connectivity index (χ1n) is 6.29. The Hall–Kier alpha value is -2.49. The van der Waals surface area contributed by atoms with Crippen molar-refractivity contribution in [2.24, 2.45) is 7.05 Å². The van der Waals surface area contributed by atoms with E-state index < -0.39 is 0 Å². The summed E-state index contributed by atoms with van der Waals surface area (Å²) in [5, 5.41) is 0.508. The van der Waals surface area contributed by atoms with Crippen LogP contribution in [0.1, 0.15) is 5.56 Å². The van der Waals surface area contributed by atoms with Crippen molar-refractivity contribution in [1.82, 2.24) is 9.55 Å². The highest BCUT2D eigenvalue weighted by Gasteiger charge is 2.12. The molecule has 0 aliphatic rings. The monoisotopic (exact) mass is 268 g/mol. The number of aromatic nitrogens is 2. The lowest BCUT2D eigenvalue weighted by molar-refractivity contribution is 0.631. The van der Waals surface area contributed by atoms with Gasteiger partial charge in [-0.1, -0.05) is 18.2 Å². The summed E-state index contributed by atoms with van der Waals surface area (Å²) in [5.41, 5.74) is 2.42. The minimum atomic E-state index is -0.318. The molecule has 4 heteroatoms. The fourth-order valence-corrected chi connectivity index (χ4v) is 2.35. The third-order valence-corrected chi connectivity index (χ3v) is 3.33. The maximum Gasteiger partial charge on any atom is 0.260 e. The maximum atomic E-state index is 14.0. The second-order valence-corrected chi connectivity index (χ2v) is 4.85. The Morgan fingerprint density at radius 3 is 2.65 bits per heavy atom. The van der Waals surface area contributed by atoms with Crippen molar-refractivity contribution < 1.29 is 4.39 Å². The first-order valence-corrected chi connectivity index (χ1v) is 6.29. The highest BCUT2D eigenvalue weighted by molar-refractivity contribution is 5.93. The van der Waals surface area contributed by atoms with Crippen LogP contribution in [0.2, 0.25) is 0 Å². The molecule has 1 aromatic heterocycles. The molecule has 0 unspecified atom stereocenters. The smallest absolute Gasteiger partial charge is 0.260 e. The van der Waals surface area contributed by atoms with Crippen LogP contribution < -0.4 is 5.56 Å². The summed E-state index contributed by atoms with van der Waals surface area (Å²) in [6, 6.07) is 10.2. The van der Waals surface area contributed by atoms with E-state index in [-0.39, 0.29) is 11.4 Å². The Morgan fingerprint density at radius 1 is 1.15 bits per heavy atom. The Bertz CT molecular complexity index is 868. The zero-order chi connectivity index (χ0) is 14.3. The highest BCUT2D eigenvalue weighted by atomic mass is 19.1. The van der Waals surface area contributed by atoms with Gasteiger partial charge in [0.1, 0.15) is 5.82 Å². The molecule has 3 aromatic rings. The standard InChI is InChI=1S/C16H13FN2O/c1-10-7-12(11-5-3-4-6-14(11)17)15-13(8-10)16(20)19(2)9-18-15/h3-9H,1-2H3. The van der Waals surface area contributed by atoms with Crippen molar-refractivity contribution in [1.29, 1.82) is 0 Å². The van der Waals surface area contributed by atoms with Gasteiger partial charge in [-0.25, -0.2) is 9.37 Å². The molecule has 0 bridgehead atoms. The van der Waals surface area contributed by atoms with Crippen LogP contribution in [0.4, 0.5) is 4.39 Å². The fraction of sp³-hybridized carbons (Fsp3) is 0.125. The fourth-order valence-electron chi connectivity index (χ4n) is 2.35. The molecule has 2 aromatic carbocycles. The Kier molecular flexibility index (Phi) is 2.86. The third kappa shape index (κ3) is 1.90. The van der Waals surface area contributed by atoms with Crippen LogP contribution in [0, 0.1) is 12.7 Å². The zero-order valence-corrected chi connectivity index (χ0v) is 11.2. The normalized spacial score (nSPS) is 10.9. The van der Waals surface area contributed by atoms with E-state index in [0.29, 0.717) is 22.0 Å². The molecule has 0 spiro atoms. The lowest BCUT2D eigenvalue weighted by Gasteiger charge is -2.09. The van der Waals surface area contributed by atoms with Crippen LogP contribution in [0.15, 0.2) is 47.5 Å². The number of hydrogen-bond acceptors (Lipinski definition) is 2. The van der Waals surface area contributed by atoms with Gasteiger partial charge in [0.15, 0.2) is 0 Å². The molecule has 3 rings (SSSR count). The molecular weight excluding hydrogens is 255 g/mol. The molecule has 100 valence electrons. The van der Waals surface area contributed by atoms with E-state index in [1.165, 1.54) is 17.0 Å². The molecule has 0 amide bonds. The van der Waals surface area contributed by atoms with Gasteiger partial charge in [0.2, 0.25) is 0 Å². The molecule has 0 atom stereocenters. The molecule has 0 radical (unpaired) electrons. The molecule has 0 saturated heterocycles. The van der Waals surface area contributed by atoms with Gasteiger partial charge in [0.25, 0.3) is 5.56 Å². The second-order valence-electron chi connectivity index (χ2n) is 4.85. The molecule has 3 nitrogen and oxygen atoms in total. The van der Waals surface area contributed by atoms with Gasteiger partial charge in [0.05, 0.1) is 17.2 Å². The van der Waals surface area contributed by atoms with E-state index in [0.717, 1.165) is 5.56 Å². The molecular formula is C16H13FN2O. The molecule has 1 heterocycles. The molecule has 0 fully saturated rings. The van der Waals surface area contributed by atoms with E-state index in [1.807, 2.05) is 13.0 Å². The topological polar surface area (TPSA) is 34.9 Å². The molecule has 20 heavy (non-hydrogen) atoms. The van der Waals surface area contributed by atoms with Crippen molar-refractivity contribution in [2.45, 2.75) is 6.92 Å². The van der Waals surface area contributed by atoms with Crippen LogP contribution in [-0.4, -0.2) is 9.55 Å². The summed E-state index contributed by atoms with van der Waals surface area (Å²) in [5.74, 6) is -0.318. The first-order chi connectivity index (χ1) is 9.58. The van der Waals surface area contributed by atoms with Crippen LogP contribution in [0.3, 0.4) is 0 Å². The number of rotatable bonds is 1. The van der Waals surface area contributed by atoms with Gasteiger partial charge >= 0.3 is 0 Å². The SMILES string of the molecule is Cc1cc(-c2ccccc2F)c2ncn(C)c(=O)c2c1. The average molecular weight is 268 g/mol. The number of benzene rings is 2. The minimum Gasteiger partial charge on any atom is -0.302 e. The van der Waals surface area contributed by atoms with Crippen molar-refractivity contribution in [3.8, 4) is 11.1 Å². The van der Waals surface area contributed by atoms with E-state index in [9.17, 15) is 9.18 Å². The highest BCUT2D eigenvalue weighted by Crippen LogP contribution is 2.29. The van der Waals surface area contributed by atoms with Gasteiger partial charge in [-0.05, 0) is 30.7 Å². The van der Waals surface area contributed by atoms with E-state index >= 15 is 0 Å². The quantitative estimate of drug-likeness (QED) is 0.680. The molecule has 0 aliphatic carbocycles. The first kappa shape index (κ1) is 12.5. The summed E-state index contributed by atoms with van der Waals surface area (Å²) < 4.78 is 15.4. The summed E-state index contributed by atoms with van der Waals surface area (Å²) in [6.45, 7) is 1.89. The number of halogens is 1. The van der Waals surface area contributed by atoms with Crippen molar-refractivity contribution in [2.75, 3.05) is 0 Å². The second kappa shape index (κ2) is 4.56.